The van der Waals surface area contributed by atoms with Gasteiger partial charge in [0, 0.05) is 6.04 Å². The summed E-state index contributed by atoms with van der Waals surface area (Å²) in [6.07, 6.45) is 1.14. The van der Waals surface area contributed by atoms with Gasteiger partial charge in [0.05, 0.1) is 5.56 Å². The molecule has 0 bridgehead atoms. The Balaban J connectivity index is 1.99. The normalized spacial score (nSPS) is 22.5. The molecule has 1 aliphatic carbocycles. The molecule has 0 heterocycles. The van der Waals surface area contributed by atoms with Gasteiger partial charge in [-0.25, -0.2) is 4.39 Å². The molecule has 0 spiro atoms. The number of hydrogen-bond donors (Lipinski definition) is 1. The SMILES string of the molecule is CC(C)NCC1CC1c1ccc(F)c(C#N)c1. The van der Waals surface area contributed by atoms with Crippen LogP contribution >= 0.6 is 0 Å². The lowest BCUT2D eigenvalue weighted by atomic mass is 10.1. The lowest BCUT2D eigenvalue weighted by Gasteiger charge is -2.07. The first kappa shape index (κ1) is 12.1. The highest BCUT2D eigenvalue weighted by atomic mass is 19.1. The van der Waals surface area contributed by atoms with Crippen molar-refractivity contribution in [3.63, 3.8) is 0 Å². The van der Waals surface area contributed by atoms with Crippen molar-refractivity contribution in [1.82, 2.24) is 5.32 Å². The Labute approximate surface area is 101 Å². The van der Waals surface area contributed by atoms with E-state index in [0.29, 0.717) is 17.9 Å². The zero-order valence-corrected chi connectivity index (χ0v) is 10.2. The third-order valence-electron chi connectivity index (χ3n) is 3.25. The van der Waals surface area contributed by atoms with Gasteiger partial charge in [-0.2, -0.15) is 5.26 Å². The maximum Gasteiger partial charge on any atom is 0.140 e. The predicted molar refractivity (Wildman–Crippen MR) is 65.1 cm³/mol. The Kier molecular flexibility index (Phi) is 3.44. The third kappa shape index (κ3) is 2.83. The summed E-state index contributed by atoms with van der Waals surface area (Å²) in [5.41, 5.74) is 1.25. The van der Waals surface area contributed by atoms with Crippen molar-refractivity contribution in [1.29, 1.82) is 5.26 Å². The molecule has 0 aromatic heterocycles. The molecule has 1 aliphatic rings. The van der Waals surface area contributed by atoms with Crippen LogP contribution in [0, 0.1) is 23.1 Å². The van der Waals surface area contributed by atoms with Crippen molar-refractivity contribution in [2.45, 2.75) is 32.2 Å². The molecular formula is C14H17FN2. The van der Waals surface area contributed by atoms with Gasteiger partial charge in [0.15, 0.2) is 0 Å². The molecule has 90 valence electrons. The summed E-state index contributed by atoms with van der Waals surface area (Å²) < 4.78 is 13.2. The second kappa shape index (κ2) is 4.85. The average Bonchev–Trinajstić information content (AvgIpc) is 3.06. The van der Waals surface area contributed by atoms with E-state index in [2.05, 4.69) is 19.2 Å². The molecule has 0 aliphatic heterocycles. The Hall–Kier alpha value is -1.40. The van der Waals surface area contributed by atoms with Gasteiger partial charge >= 0.3 is 0 Å². The zero-order chi connectivity index (χ0) is 12.4. The first-order chi connectivity index (χ1) is 8.11. The molecule has 3 heteroatoms. The highest BCUT2D eigenvalue weighted by molar-refractivity contribution is 5.38. The molecule has 2 atom stereocenters. The number of nitrogens with zero attached hydrogens (tertiary/aromatic N) is 1. The number of halogens is 1. The van der Waals surface area contributed by atoms with Crippen molar-refractivity contribution in [3.8, 4) is 6.07 Å². The van der Waals surface area contributed by atoms with E-state index in [1.807, 2.05) is 6.07 Å². The monoisotopic (exact) mass is 232 g/mol. The van der Waals surface area contributed by atoms with E-state index in [0.717, 1.165) is 18.5 Å². The molecule has 2 rings (SSSR count). The second-order valence-corrected chi connectivity index (χ2v) is 5.02. The summed E-state index contributed by atoms with van der Waals surface area (Å²) in [5.74, 6) is 0.706. The van der Waals surface area contributed by atoms with Gasteiger partial charge in [-0.15, -0.1) is 0 Å². The van der Waals surface area contributed by atoms with E-state index in [4.69, 9.17) is 5.26 Å². The maximum atomic E-state index is 13.2. The molecular weight excluding hydrogens is 215 g/mol. The van der Waals surface area contributed by atoms with Gasteiger partial charge in [0.1, 0.15) is 11.9 Å². The van der Waals surface area contributed by atoms with Gasteiger partial charge in [-0.1, -0.05) is 19.9 Å². The highest BCUT2D eigenvalue weighted by Crippen LogP contribution is 2.47. The van der Waals surface area contributed by atoms with Gasteiger partial charge in [0.2, 0.25) is 0 Å². The van der Waals surface area contributed by atoms with Crippen LogP contribution in [-0.4, -0.2) is 12.6 Å². The number of rotatable bonds is 4. The second-order valence-electron chi connectivity index (χ2n) is 5.02. The fraction of sp³-hybridized carbons (Fsp3) is 0.500. The van der Waals surface area contributed by atoms with Gasteiger partial charge in [0.25, 0.3) is 0 Å². The molecule has 2 nitrogen and oxygen atoms in total. The molecule has 1 saturated carbocycles. The predicted octanol–water partition coefficient (Wildman–Crippen LogP) is 2.80. The van der Waals surface area contributed by atoms with E-state index in [-0.39, 0.29) is 5.56 Å². The third-order valence-corrected chi connectivity index (χ3v) is 3.25. The van der Waals surface area contributed by atoms with Crippen molar-refractivity contribution in [2.75, 3.05) is 6.54 Å². The Morgan fingerprint density at radius 1 is 1.53 bits per heavy atom. The van der Waals surface area contributed by atoms with Gasteiger partial charge < -0.3 is 5.32 Å². The highest BCUT2D eigenvalue weighted by Gasteiger charge is 2.38. The van der Waals surface area contributed by atoms with E-state index in [1.54, 1.807) is 12.1 Å². The van der Waals surface area contributed by atoms with Crippen LogP contribution in [0.2, 0.25) is 0 Å². The summed E-state index contributed by atoms with van der Waals surface area (Å²) in [7, 11) is 0. The van der Waals surface area contributed by atoms with Crippen molar-refractivity contribution >= 4 is 0 Å². The van der Waals surface area contributed by atoms with E-state index < -0.39 is 5.82 Å². The summed E-state index contributed by atoms with van der Waals surface area (Å²) in [5, 5.41) is 12.2. The molecule has 17 heavy (non-hydrogen) atoms. The summed E-state index contributed by atoms with van der Waals surface area (Å²) in [4.78, 5) is 0. The Morgan fingerprint density at radius 3 is 2.94 bits per heavy atom. The van der Waals surface area contributed by atoms with Crippen LogP contribution in [0.25, 0.3) is 0 Å². The minimum absolute atomic E-state index is 0.157. The smallest absolute Gasteiger partial charge is 0.140 e. The van der Waals surface area contributed by atoms with Crippen LogP contribution in [-0.2, 0) is 0 Å². The quantitative estimate of drug-likeness (QED) is 0.866. The summed E-state index contributed by atoms with van der Waals surface area (Å²) in [6, 6.07) is 7.29. The fourth-order valence-corrected chi connectivity index (χ4v) is 2.13. The van der Waals surface area contributed by atoms with E-state index in [1.165, 1.54) is 6.07 Å². The number of nitriles is 1. The van der Waals surface area contributed by atoms with E-state index in [9.17, 15) is 4.39 Å². The topological polar surface area (TPSA) is 35.8 Å². The first-order valence-electron chi connectivity index (χ1n) is 6.04. The molecule has 1 N–H and O–H groups in total. The van der Waals surface area contributed by atoms with Crippen LogP contribution < -0.4 is 5.32 Å². The molecule has 0 radical (unpaired) electrons. The van der Waals surface area contributed by atoms with Crippen LogP contribution in [0.1, 0.15) is 37.3 Å². The largest absolute Gasteiger partial charge is 0.314 e. The van der Waals surface area contributed by atoms with Crippen LogP contribution in [0.15, 0.2) is 18.2 Å². The first-order valence-corrected chi connectivity index (χ1v) is 6.04. The summed E-state index contributed by atoms with van der Waals surface area (Å²) in [6.45, 7) is 5.26. The number of benzene rings is 1. The van der Waals surface area contributed by atoms with Crippen molar-refractivity contribution in [3.05, 3.63) is 35.1 Å². The molecule has 1 aromatic carbocycles. The average molecular weight is 232 g/mol. The number of hydrogen-bond acceptors (Lipinski definition) is 2. The molecule has 0 saturated heterocycles. The molecule has 2 unspecified atom stereocenters. The molecule has 1 fully saturated rings. The Morgan fingerprint density at radius 2 is 2.29 bits per heavy atom. The minimum Gasteiger partial charge on any atom is -0.314 e. The van der Waals surface area contributed by atoms with Gasteiger partial charge in [-0.3, -0.25) is 0 Å². The zero-order valence-electron chi connectivity index (χ0n) is 10.2. The van der Waals surface area contributed by atoms with Crippen LogP contribution in [0.4, 0.5) is 4.39 Å². The van der Waals surface area contributed by atoms with Crippen LogP contribution in [0.3, 0.4) is 0 Å². The standard InChI is InChI=1S/C14H17FN2/c1-9(2)17-8-12-6-13(12)10-3-4-14(15)11(5-10)7-16/h3-5,9,12-13,17H,6,8H2,1-2H3. The fourth-order valence-electron chi connectivity index (χ4n) is 2.13. The number of nitrogens with one attached hydrogen (secondary N) is 1. The minimum atomic E-state index is -0.422. The Bertz CT molecular complexity index is 448. The van der Waals surface area contributed by atoms with Gasteiger partial charge in [-0.05, 0) is 42.5 Å². The van der Waals surface area contributed by atoms with E-state index >= 15 is 0 Å². The molecule has 0 amide bonds. The summed E-state index contributed by atoms with van der Waals surface area (Å²) >= 11 is 0. The van der Waals surface area contributed by atoms with Crippen LogP contribution in [0.5, 0.6) is 0 Å². The van der Waals surface area contributed by atoms with Crippen molar-refractivity contribution < 1.29 is 4.39 Å². The lowest BCUT2D eigenvalue weighted by Crippen LogP contribution is -2.25. The maximum absolute atomic E-state index is 13.2. The lowest BCUT2D eigenvalue weighted by molar-refractivity contribution is 0.554. The molecule has 1 aromatic rings. The van der Waals surface area contributed by atoms with Crippen molar-refractivity contribution in [2.24, 2.45) is 5.92 Å².